The van der Waals surface area contributed by atoms with Crippen LogP contribution in [0.3, 0.4) is 0 Å². The Morgan fingerprint density at radius 3 is 2.75 bits per heavy atom. The number of carbonyl (C=O) groups excluding carboxylic acids is 1. The van der Waals surface area contributed by atoms with Crippen molar-refractivity contribution < 1.29 is 13.9 Å². The average Bonchev–Trinajstić information content (AvgIpc) is 3.42. The van der Waals surface area contributed by atoms with E-state index in [1.165, 1.54) is 32.4 Å². The molecular weight excluding hydrogens is 311 g/mol. The van der Waals surface area contributed by atoms with Gasteiger partial charge in [0.15, 0.2) is 0 Å². The molecule has 0 atom stereocenters. The van der Waals surface area contributed by atoms with Crippen LogP contribution in [0.15, 0.2) is 30.6 Å². The molecule has 6 nitrogen and oxygen atoms in total. The van der Waals surface area contributed by atoms with Gasteiger partial charge in [-0.1, -0.05) is 19.3 Å². The number of carbonyl (C=O) groups is 1. The number of aromatic amines is 1. The number of H-pyrrole nitrogens is 1. The van der Waals surface area contributed by atoms with Gasteiger partial charge < -0.3 is 15.0 Å². The maximum absolute atomic E-state index is 13.4. The highest BCUT2D eigenvalue weighted by atomic mass is 19.1. The van der Waals surface area contributed by atoms with E-state index in [0.717, 1.165) is 17.1 Å². The Morgan fingerprint density at radius 2 is 2.08 bits per heavy atom. The minimum Gasteiger partial charge on any atom is -0.481 e. The first-order valence-electron chi connectivity index (χ1n) is 7.61. The number of hydrogen-bond acceptors (Lipinski definition) is 4. The third-order valence-corrected chi connectivity index (χ3v) is 3.40. The van der Waals surface area contributed by atoms with E-state index in [0.29, 0.717) is 29.3 Å². The van der Waals surface area contributed by atoms with E-state index < -0.39 is 5.82 Å². The first-order valence-corrected chi connectivity index (χ1v) is 7.61. The number of fused-ring (bicyclic) bond motifs is 1. The van der Waals surface area contributed by atoms with E-state index in [1.54, 1.807) is 18.3 Å². The number of pyridine rings is 2. The molecule has 0 radical (unpaired) electrons. The van der Waals surface area contributed by atoms with Gasteiger partial charge in [-0.2, -0.15) is 0 Å². The molecule has 2 N–H and O–H groups in total. The van der Waals surface area contributed by atoms with Crippen LogP contribution < -0.4 is 10.1 Å². The Bertz CT molecular complexity index is 858. The molecule has 4 rings (SSSR count). The number of aromatic nitrogens is 3. The van der Waals surface area contributed by atoms with Gasteiger partial charge in [-0.15, -0.1) is 0 Å². The highest BCUT2D eigenvalue weighted by Gasteiger charge is 2.14. The minimum atomic E-state index is -0.452. The van der Waals surface area contributed by atoms with Crippen molar-refractivity contribution in [3.63, 3.8) is 0 Å². The highest BCUT2D eigenvalue weighted by molar-refractivity contribution is 5.95. The van der Waals surface area contributed by atoms with Gasteiger partial charge in [0, 0.05) is 22.7 Å². The number of methoxy groups -OCH3 is 1. The summed E-state index contributed by atoms with van der Waals surface area (Å²) in [6, 6.07) is 4.80. The lowest BCUT2D eigenvalue weighted by Crippen LogP contribution is -1.96. The van der Waals surface area contributed by atoms with Crippen LogP contribution in [-0.2, 0) is 4.79 Å². The van der Waals surface area contributed by atoms with Gasteiger partial charge >= 0.3 is 0 Å². The van der Waals surface area contributed by atoms with E-state index >= 15 is 0 Å². The van der Waals surface area contributed by atoms with Crippen molar-refractivity contribution in [3.8, 4) is 17.0 Å². The van der Waals surface area contributed by atoms with Crippen LogP contribution in [-0.4, -0.2) is 28.5 Å². The molecule has 3 aromatic heterocycles. The molecule has 1 saturated carbocycles. The monoisotopic (exact) mass is 328 g/mol. The lowest BCUT2D eigenvalue weighted by atomic mass is 10.1. The summed E-state index contributed by atoms with van der Waals surface area (Å²) < 4.78 is 18.6. The van der Waals surface area contributed by atoms with Crippen molar-refractivity contribution in [1.82, 2.24) is 15.0 Å². The zero-order valence-electron chi connectivity index (χ0n) is 13.2. The Kier molecular flexibility index (Phi) is 4.69. The fraction of sp³-hybridized carbons (Fsp3) is 0.235. The second-order valence-corrected chi connectivity index (χ2v) is 5.33. The number of rotatable bonds is 4. The third-order valence-electron chi connectivity index (χ3n) is 3.40. The normalized spacial score (nSPS) is 12.2. The summed E-state index contributed by atoms with van der Waals surface area (Å²) in [7, 11) is 1.48. The first kappa shape index (κ1) is 15.9. The molecule has 3 aromatic rings. The van der Waals surface area contributed by atoms with Crippen molar-refractivity contribution in [2.75, 3.05) is 12.4 Å². The van der Waals surface area contributed by atoms with Crippen molar-refractivity contribution in [3.05, 3.63) is 36.4 Å². The molecule has 7 heteroatoms. The number of amides is 1. The Morgan fingerprint density at radius 1 is 1.29 bits per heavy atom. The summed E-state index contributed by atoms with van der Waals surface area (Å²) in [5.41, 5.74) is 1.82. The van der Waals surface area contributed by atoms with Gasteiger partial charge in [-0.3, -0.25) is 4.79 Å². The lowest BCUT2D eigenvalue weighted by molar-refractivity contribution is -0.105. The summed E-state index contributed by atoms with van der Waals surface area (Å²) in [4.78, 5) is 21.6. The van der Waals surface area contributed by atoms with Crippen LogP contribution in [0.25, 0.3) is 22.2 Å². The zero-order valence-corrected chi connectivity index (χ0v) is 13.2. The lowest BCUT2D eigenvalue weighted by Gasteiger charge is -2.06. The standard InChI is InChI=1S/C14H11FN4O2.C3H6/c1-21-14-10(4-8(15)5-17-14)11-6-16-13-9(11)2-3-12(19-13)18-7-20;1-2-3-1/h2-7H,1H3,(H2,16,18,19,20);1-3H2. The topological polar surface area (TPSA) is 79.9 Å². The van der Waals surface area contributed by atoms with Gasteiger partial charge in [0.25, 0.3) is 0 Å². The van der Waals surface area contributed by atoms with Crippen LogP contribution in [0.1, 0.15) is 19.3 Å². The molecule has 1 aliphatic rings. The second kappa shape index (κ2) is 7.08. The molecule has 124 valence electrons. The summed E-state index contributed by atoms with van der Waals surface area (Å²) >= 11 is 0. The smallest absolute Gasteiger partial charge is 0.221 e. The van der Waals surface area contributed by atoms with E-state index in [-0.39, 0.29) is 0 Å². The zero-order chi connectivity index (χ0) is 16.9. The molecule has 24 heavy (non-hydrogen) atoms. The molecule has 0 saturated heterocycles. The van der Waals surface area contributed by atoms with Crippen LogP contribution in [0.5, 0.6) is 5.88 Å². The largest absolute Gasteiger partial charge is 0.481 e. The molecule has 0 unspecified atom stereocenters. The van der Waals surface area contributed by atoms with Gasteiger partial charge in [-0.25, -0.2) is 14.4 Å². The number of nitrogens with zero attached hydrogens (tertiary/aromatic N) is 2. The fourth-order valence-corrected chi connectivity index (χ4v) is 2.15. The Balaban J connectivity index is 0.000000508. The van der Waals surface area contributed by atoms with E-state index in [2.05, 4.69) is 20.3 Å². The summed E-state index contributed by atoms with van der Waals surface area (Å²) in [5.74, 6) is 0.301. The summed E-state index contributed by atoms with van der Waals surface area (Å²) in [6.45, 7) is 0. The number of anilines is 1. The Labute approximate surface area is 138 Å². The van der Waals surface area contributed by atoms with Crippen LogP contribution in [0, 0.1) is 5.82 Å². The molecule has 0 spiro atoms. The van der Waals surface area contributed by atoms with Crippen LogP contribution in [0.4, 0.5) is 10.2 Å². The van der Waals surface area contributed by atoms with Crippen LogP contribution >= 0.6 is 0 Å². The first-order chi connectivity index (χ1) is 11.7. The third kappa shape index (κ3) is 3.51. The maximum atomic E-state index is 13.4. The van der Waals surface area contributed by atoms with Gasteiger partial charge in [-0.05, 0) is 18.2 Å². The van der Waals surface area contributed by atoms with Crippen molar-refractivity contribution in [1.29, 1.82) is 0 Å². The summed E-state index contributed by atoms with van der Waals surface area (Å²) in [5, 5.41) is 3.25. The molecule has 1 amide bonds. The molecule has 3 heterocycles. The van der Waals surface area contributed by atoms with Gasteiger partial charge in [0.05, 0.1) is 13.3 Å². The number of halogens is 1. The number of ether oxygens (including phenoxy) is 1. The molecule has 1 aliphatic carbocycles. The number of nitrogens with one attached hydrogen (secondary N) is 2. The van der Waals surface area contributed by atoms with Crippen molar-refractivity contribution in [2.45, 2.75) is 19.3 Å². The van der Waals surface area contributed by atoms with E-state index in [4.69, 9.17) is 4.74 Å². The SMILES string of the molecule is C1CC1.COc1ncc(F)cc1-c1c[nH]c2nc(NC=O)ccc12. The molecular formula is C17H17FN4O2. The molecule has 0 bridgehead atoms. The fourth-order valence-electron chi connectivity index (χ4n) is 2.15. The minimum absolute atomic E-state index is 0.326. The highest BCUT2D eigenvalue weighted by Crippen LogP contribution is 2.34. The van der Waals surface area contributed by atoms with Gasteiger partial charge in [0.2, 0.25) is 12.3 Å². The van der Waals surface area contributed by atoms with Crippen molar-refractivity contribution in [2.24, 2.45) is 0 Å². The second-order valence-electron chi connectivity index (χ2n) is 5.33. The van der Waals surface area contributed by atoms with Gasteiger partial charge in [0.1, 0.15) is 17.3 Å². The van der Waals surface area contributed by atoms with Crippen molar-refractivity contribution >= 4 is 23.3 Å². The molecule has 0 aromatic carbocycles. The average molecular weight is 328 g/mol. The predicted molar refractivity (Wildman–Crippen MR) is 89.4 cm³/mol. The van der Waals surface area contributed by atoms with Crippen LogP contribution in [0.2, 0.25) is 0 Å². The molecule has 0 aliphatic heterocycles. The predicted octanol–water partition coefficient (Wildman–Crippen LogP) is 3.51. The quantitative estimate of drug-likeness (QED) is 0.718. The molecule has 1 fully saturated rings. The van der Waals surface area contributed by atoms with E-state index in [1.807, 2.05) is 0 Å². The maximum Gasteiger partial charge on any atom is 0.221 e. The summed E-state index contributed by atoms with van der Waals surface area (Å²) in [6.07, 6.45) is 7.85. The number of hydrogen-bond donors (Lipinski definition) is 2. The van der Waals surface area contributed by atoms with E-state index in [9.17, 15) is 9.18 Å². The Hall–Kier alpha value is -2.96.